The van der Waals surface area contributed by atoms with Gasteiger partial charge in [0.25, 0.3) is 0 Å². The van der Waals surface area contributed by atoms with Crippen molar-refractivity contribution in [3.05, 3.63) is 36.0 Å². The third-order valence-corrected chi connectivity index (χ3v) is 7.54. The van der Waals surface area contributed by atoms with E-state index in [9.17, 15) is 5.11 Å². The van der Waals surface area contributed by atoms with Gasteiger partial charge in [-0.15, -0.1) is 0 Å². The van der Waals surface area contributed by atoms with Gasteiger partial charge >= 0.3 is 0 Å². The van der Waals surface area contributed by atoms with E-state index in [2.05, 4.69) is 16.8 Å². The van der Waals surface area contributed by atoms with Crippen molar-refractivity contribution in [2.45, 2.75) is 36.2 Å². The molecular formula is C20H24Cl2N2O2. The number of fused-ring (bicyclic) bond motifs is 4. The van der Waals surface area contributed by atoms with E-state index in [0.717, 1.165) is 36.8 Å². The van der Waals surface area contributed by atoms with Gasteiger partial charge in [-0.25, -0.2) is 0 Å². The van der Waals surface area contributed by atoms with Gasteiger partial charge in [0, 0.05) is 30.2 Å². The molecule has 1 aromatic heterocycles. The van der Waals surface area contributed by atoms with Gasteiger partial charge in [0.1, 0.15) is 10.7 Å². The topological polar surface area (TPSA) is 45.6 Å². The first kappa shape index (κ1) is 18.3. The summed E-state index contributed by atoms with van der Waals surface area (Å²) in [6, 6.07) is 7.34. The second-order valence-corrected chi connectivity index (χ2v) is 8.66. The Hall–Kier alpha value is -1.07. The van der Waals surface area contributed by atoms with Crippen molar-refractivity contribution < 1.29 is 9.84 Å². The van der Waals surface area contributed by atoms with Gasteiger partial charge in [0.15, 0.2) is 5.06 Å². The maximum atomic E-state index is 11.5. The number of piperidine rings is 3. The standard InChI is InChI=1S/C20H24Cl2N2O2/c1-3-13-12-24-9-7-14(13)11-19(24,21)20(22,25)17-6-8-23-18-5-4-15(26-2)10-16(17)18/h4-6,8,10,13-14,25H,3,7,9,11-12H2,1-2H3/t13-,14-,19-,20+/m0/s1. The average Bonchev–Trinajstić information content (AvgIpc) is 2.67. The van der Waals surface area contributed by atoms with Crippen molar-refractivity contribution in [1.82, 2.24) is 9.88 Å². The van der Waals surface area contributed by atoms with E-state index in [1.54, 1.807) is 19.4 Å². The lowest BCUT2D eigenvalue weighted by molar-refractivity contribution is -0.0999. The Labute approximate surface area is 164 Å². The van der Waals surface area contributed by atoms with Crippen molar-refractivity contribution in [1.29, 1.82) is 0 Å². The minimum Gasteiger partial charge on any atom is -0.497 e. The van der Waals surface area contributed by atoms with Gasteiger partial charge in [-0.2, -0.15) is 0 Å². The maximum absolute atomic E-state index is 11.5. The Morgan fingerprint density at radius 2 is 2.23 bits per heavy atom. The number of nitrogens with zero attached hydrogens (tertiary/aromatic N) is 2. The molecule has 2 bridgehead atoms. The summed E-state index contributed by atoms with van der Waals surface area (Å²) in [5.41, 5.74) is 1.34. The van der Waals surface area contributed by atoms with Gasteiger partial charge < -0.3 is 9.84 Å². The summed E-state index contributed by atoms with van der Waals surface area (Å²) in [7, 11) is 1.61. The Kier molecular flexibility index (Phi) is 4.59. The van der Waals surface area contributed by atoms with Crippen molar-refractivity contribution in [3.8, 4) is 5.75 Å². The zero-order valence-corrected chi connectivity index (χ0v) is 16.6. The van der Waals surface area contributed by atoms with E-state index in [4.69, 9.17) is 27.9 Å². The minimum atomic E-state index is -1.72. The smallest absolute Gasteiger partial charge is 0.197 e. The van der Waals surface area contributed by atoms with Crippen LogP contribution in [-0.2, 0) is 5.06 Å². The van der Waals surface area contributed by atoms with Crippen molar-refractivity contribution in [2.24, 2.45) is 11.8 Å². The molecular weight excluding hydrogens is 371 g/mol. The molecule has 3 saturated heterocycles. The van der Waals surface area contributed by atoms with Crippen LogP contribution in [0.25, 0.3) is 10.9 Å². The second kappa shape index (κ2) is 6.52. The molecule has 1 unspecified atom stereocenters. The highest BCUT2D eigenvalue weighted by atomic mass is 35.5. The van der Waals surface area contributed by atoms with Gasteiger partial charge in [-0.1, -0.05) is 36.5 Å². The molecule has 4 nitrogen and oxygen atoms in total. The molecule has 1 aromatic carbocycles. The Bertz CT molecular complexity index is 829. The number of aliphatic hydroxyl groups is 1. The average molecular weight is 395 g/mol. The SMILES string of the molecule is CC[C@H]1CN2CC[C@H]1C[C@@]2(Cl)[C@@](O)(Cl)c1ccnc2ccc(OC)cc12. The predicted octanol–water partition coefficient (Wildman–Crippen LogP) is 4.31. The fourth-order valence-electron chi connectivity index (χ4n) is 4.70. The van der Waals surface area contributed by atoms with Crippen LogP contribution in [0.3, 0.4) is 0 Å². The van der Waals surface area contributed by atoms with Crippen LogP contribution in [0.15, 0.2) is 30.5 Å². The lowest BCUT2D eigenvalue weighted by atomic mass is 9.72. The van der Waals surface area contributed by atoms with Crippen LogP contribution >= 0.6 is 23.2 Å². The van der Waals surface area contributed by atoms with Crippen molar-refractivity contribution in [2.75, 3.05) is 20.2 Å². The number of methoxy groups -OCH3 is 1. The highest BCUT2D eigenvalue weighted by molar-refractivity contribution is 6.34. The Balaban J connectivity index is 1.81. The molecule has 5 rings (SSSR count). The van der Waals surface area contributed by atoms with Crippen molar-refractivity contribution >= 4 is 34.1 Å². The molecule has 4 heterocycles. The summed E-state index contributed by atoms with van der Waals surface area (Å²) >= 11 is 13.9. The number of rotatable bonds is 4. The normalized spacial score (nSPS) is 33.2. The predicted molar refractivity (Wildman–Crippen MR) is 105 cm³/mol. The van der Waals surface area contributed by atoms with E-state index in [-0.39, 0.29) is 0 Å². The number of pyridine rings is 1. The van der Waals surface area contributed by atoms with E-state index >= 15 is 0 Å². The molecule has 3 aliphatic rings. The number of aromatic nitrogens is 1. The lowest BCUT2D eigenvalue weighted by Gasteiger charge is -2.58. The van der Waals surface area contributed by atoms with Crippen LogP contribution < -0.4 is 4.74 Å². The van der Waals surface area contributed by atoms with Crippen LogP contribution in [0, 0.1) is 11.8 Å². The molecule has 0 radical (unpaired) electrons. The summed E-state index contributed by atoms with van der Waals surface area (Å²) in [5.74, 6) is 1.81. The molecule has 0 amide bonds. The van der Waals surface area contributed by atoms with Crippen LogP contribution in [0.5, 0.6) is 5.75 Å². The largest absolute Gasteiger partial charge is 0.497 e. The number of benzene rings is 1. The van der Waals surface area contributed by atoms with Crippen LogP contribution in [-0.4, -0.2) is 40.2 Å². The van der Waals surface area contributed by atoms with E-state index in [1.165, 1.54) is 0 Å². The molecule has 6 heteroatoms. The molecule has 26 heavy (non-hydrogen) atoms. The van der Waals surface area contributed by atoms with Gasteiger partial charge in [0.2, 0.25) is 0 Å². The lowest BCUT2D eigenvalue weighted by Crippen LogP contribution is -2.65. The first-order valence-corrected chi connectivity index (χ1v) is 9.94. The molecule has 5 atom stereocenters. The summed E-state index contributed by atoms with van der Waals surface area (Å²) in [6.45, 7) is 3.97. The highest BCUT2D eigenvalue weighted by Gasteiger charge is 2.60. The third kappa shape index (κ3) is 2.62. The molecule has 140 valence electrons. The number of hydrogen-bond donors (Lipinski definition) is 1. The molecule has 3 aliphatic heterocycles. The summed E-state index contributed by atoms with van der Waals surface area (Å²) < 4.78 is 5.34. The number of ether oxygens (including phenoxy) is 1. The van der Waals surface area contributed by atoms with Crippen LogP contribution in [0.2, 0.25) is 0 Å². The van der Waals surface area contributed by atoms with Crippen LogP contribution in [0.4, 0.5) is 0 Å². The quantitative estimate of drug-likeness (QED) is 0.619. The monoisotopic (exact) mass is 394 g/mol. The van der Waals surface area contributed by atoms with Crippen LogP contribution in [0.1, 0.15) is 31.7 Å². The molecule has 0 spiro atoms. The molecule has 0 saturated carbocycles. The fourth-order valence-corrected chi connectivity index (χ4v) is 5.52. The Morgan fingerprint density at radius 3 is 2.88 bits per heavy atom. The second-order valence-electron chi connectivity index (χ2n) is 7.49. The molecule has 1 N–H and O–H groups in total. The van der Waals surface area contributed by atoms with Gasteiger partial charge in [-0.3, -0.25) is 9.88 Å². The van der Waals surface area contributed by atoms with Gasteiger partial charge in [0.05, 0.1) is 12.6 Å². The van der Waals surface area contributed by atoms with E-state index < -0.39 is 10.1 Å². The molecule has 3 fully saturated rings. The first-order chi connectivity index (χ1) is 12.4. The van der Waals surface area contributed by atoms with E-state index in [0.29, 0.717) is 29.6 Å². The molecule has 2 aromatic rings. The van der Waals surface area contributed by atoms with Crippen molar-refractivity contribution in [3.63, 3.8) is 0 Å². The zero-order valence-electron chi connectivity index (χ0n) is 15.1. The summed E-state index contributed by atoms with van der Waals surface area (Å²) in [5, 5.41) is 10.6. The first-order valence-electron chi connectivity index (χ1n) is 9.19. The number of halogens is 2. The minimum absolute atomic E-state index is 0.496. The summed E-state index contributed by atoms with van der Waals surface area (Å²) in [6.07, 6.45) is 4.60. The highest BCUT2D eigenvalue weighted by Crippen LogP contribution is 2.56. The zero-order chi connectivity index (χ0) is 18.5. The third-order valence-electron chi connectivity index (χ3n) is 6.26. The van der Waals surface area contributed by atoms with Gasteiger partial charge in [-0.05, 0) is 48.9 Å². The Morgan fingerprint density at radius 1 is 1.42 bits per heavy atom. The molecule has 0 aliphatic carbocycles. The number of alkyl halides is 2. The number of hydrogen-bond acceptors (Lipinski definition) is 4. The fraction of sp³-hybridized carbons (Fsp3) is 0.550. The van der Waals surface area contributed by atoms with E-state index in [1.807, 2.05) is 18.2 Å². The maximum Gasteiger partial charge on any atom is 0.197 e. The summed E-state index contributed by atoms with van der Waals surface area (Å²) in [4.78, 5) is 5.53.